The molecule has 0 aliphatic carbocycles. The van der Waals surface area contributed by atoms with Crippen molar-refractivity contribution in [3.8, 4) is 0 Å². The number of carbonyl (C=O) groups is 1. The Hall–Kier alpha value is -1.29. The number of carbonyl (C=O) groups excluding carboxylic acids is 1. The molecule has 18 heavy (non-hydrogen) atoms. The second-order valence-corrected chi connectivity index (χ2v) is 5.07. The Morgan fingerprint density at radius 3 is 3.22 bits per heavy atom. The van der Waals surface area contributed by atoms with E-state index in [1.807, 2.05) is 12.1 Å². The van der Waals surface area contributed by atoms with Crippen molar-refractivity contribution in [2.75, 3.05) is 13.1 Å². The molecular weight excluding hydrogens is 228 g/mol. The highest BCUT2D eigenvalue weighted by atomic mass is 16.3. The fourth-order valence-electron chi connectivity index (χ4n) is 2.32. The quantitative estimate of drug-likeness (QED) is 0.836. The molecule has 2 N–H and O–H groups in total. The molecule has 100 valence electrons. The maximum atomic E-state index is 12.0. The van der Waals surface area contributed by atoms with E-state index in [9.17, 15) is 4.79 Å². The van der Waals surface area contributed by atoms with Gasteiger partial charge in [-0.25, -0.2) is 0 Å². The zero-order chi connectivity index (χ0) is 12.8. The molecule has 1 saturated heterocycles. The van der Waals surface area contributed by atoms with Crippen molar-refractivity contribution < 1.29 is 9.21 Å². The van der Waals surface area contributed by atoms with Crippen molar-refractivity contribution in [3.05, 3.63) is 24.2 Å². The molecular formula is C14H22N2O2. The van der Waals surface area contributed by atoms with E-state index in [1.165, 1.54) is 0 Å². The van der Waals surface area contributed by atoms with E-state index >= 15 is 0 Å². The minimum Gasteiger partial charge on any atom is -0.469 e. The molecule has 1 aliphatic rings. The topological polar surface area (TPSA) is 54.3 Å². The van der Waals surface area contributed by atoms with Crippen LogP contribution in [-0.2, 0) is 11.2 Å². The Kier molecular flexibility index (Phi) is 4.81. The average molecular weight is 250 g/mol. The number of hydrogen-bond acceptors (Lipinski definition) is 3. The Morgan fingerprint density at radius 1 is 1.67 bits per heavy atom. The lowest BCUT2D eigenvalue weighted by molar-refractivity contribution is -0.126. The van der Waals surface area contributed by atoms with E-state index in [0.717, 1.165) is 44.5 Å². The monoisotopic (exact) mass is 250 g/mol. The van der Waals surface area contributed by atoms with Crippen LogP contribution in [0.1, 0.15) is 31.9 Å². The molecule has 4 nitrogen and oxygen atoms in total. The van der Waals surface area contributed by atoms with Crippen LogP contribution in [0, 0.1) is 5.92 Å². The zero-order valence-corrected chi connectivity index (χ0v) is 10.9. The Bertz CT molecular complexity index is 356. The van der Waals surface area contributed by atoms with Gasteiger partial charge in [0, 0.05) is 19.0 Å². The molecule has 1 aromatic rings. The molecule has 0 spiro atoms. The third-order valence-electron chi connectivity index (χ3n) is 3.46. The van der Waals surface area contributed by atoms with E-state index in [4.69, 9.17) is 4.42 Å². The van der Waals surface area contributed by atoms with Crippen LogP contribution in [-0.4, -0.2) is 25.0 Å². The normalized spacial score (nSPS) is 21.5. The Balaban J connectivity index is 1.69. The van der Waals surface area contributed by atoms with Crippen LogP contribution in [0.4, 0.5) is 0 Å². The Morgan fingerprint density at radius 2 is 2.56 bits per heavy atom. The van der Waals surface area contributed by atoms with Crippen molar-refractivity contribution >= 4 is 5.91 Å². The van der Waals surface area contributed by atoms with E-state index in [2.05, 4.69) is 17.6 Å². The molecule has 1 amide bonds. The van der Waals surface area contributed by atoms with Gasteiger partial charge in [0.1, 0.15) is 5.76 Å². The van der Waals surface area contributed by atoms with Crippen molar-refractivity contribution in [1.82, 2.24) is 10.6 Å². The van der Waals surface area contributed by atoms with E-state index < -0.39 is 0 Å². The van der Waals surface area contributed by atoms with E-state index in [0.29, 0.717) is 0 Å². The van der Waals surface area contributed by atoms with Crippen LogP contribution < -0.4 is 10.6 Å². The standard InChI is InChI=1S/C14H22N2O2/c1-11(6-7-13-5-3-9-18-13)16-14(17)12-4-2-8-15-10-12/h3,5,9,11-12,15H,2,4,6-8,10H2,1H3,(H,16,17)/t11?,12-/m1/s1. The van der Waals surface area contributed by atoms with Gasteiger partial charge in [0.2, 0.25) is 5.91 Å². The van der Waals surface area contributed by atoms with E-state index in [-0.39, 0.29) is 17.9 Å². The lowest BCUT2D eigenvalue weighted by Gasteiger charge is -2.24. The first-order valence-corrected chi connectivity index (χ1v) is 6.79. The van der Waals surface area contributed by atoms with Gasteiger partial charge in [0.05, 0.1) is 12.2 Å². The van der Waals surface area contributed by atoms with Gasteiger partial charge in [-0.2, -0.15) is 0 Å². The number of hydrogen-bond donors (Lipinski definition) is 2. The molecule has 1 aliphatic heterocycles. The zero-order valence-electron chi connectivity index (χ0n) is 10.9. The lowest BCUT2D eigenvalue weighted by atomic mass is 9.98. The molecule has 2 rings (SSSR count). The highest BCUT2D eigenvalue weighted by Crippen LogP contribution is 2.11. The summed E-state index contributed by atoms with van der Waals surface area (Å²) in [6, 6.07) is 4.07. The molecule has 2 heterocycles. The first-order chi connectivity index (χ1) is 8.75. The maximum Gasteiger partial charge on any atom is 0.224 e. The largest absolute Gasteiger partial charge is 0.469 e. The van der Waals surface area contributed by atoms with Crippen LogP contribution in [0.2, 0.25) is 0 Å². The van der Waals surface area contributed by atoms with Crippen molar-refractivity contribution in [2.24, 2.45) is 5.92 Å². The van der Waals surface area contributed by atoms with Gasteiger partial charge in [-0.15, -0.1) is 0 Å². The summed E-state index contributed by atoms with van der Waals surface area (Å²) in [5.74, 6) is 1.31. The van der Waals surface area contributed by atoms with Gasteiger partial charge in [-0.1, -0.05) is 0 Å². The predicted molar refractivity (Wildman–Crippen MR) is 70.2 cm³/mol. The van der Waals surface area contributed by atoms with Crippen molar-refractivity contribution in [3.63, 3.8) is 0 Å². The van der Waals surface area contributed by atoms with Gasteiger partial charge in [0.25, 0.3) is 0 Å². The van der Waals surface area contributed by atoms with Crippen LogP contribution in [0.25, 0.3) is 0 Å². The van der Waals surface area contributed by atoms with Crippen molar-refractivity contribution in [1.29, 1.82) is 0 Å². The minimum absolute atomic E-state index is 0.143. The summed E-state index contributed by atoms with van der Waals surface area (Å²) in [5, 5.41) is 6.36. The van der Waals surface area contributed by atoms with E-state index in [1.54, 1.807) is 6.26 Å². The molecule has 0 aromatic carbocycles. The first kappa shape index (κ1) is 13.1. The smallest absolute Gasteiger partial charge is 0.224 e. The summed E-state index contributed by atoms with van der Waals surface area (Å²) < 4.78 is 5.28. The van der Waals surface area contributed by atoms with Crippen LogP contribution in [0.15, 0.2) is 22.8 Å². The van der Waals surface area contributed by atoms with Crippen LogP contribution in [0.3, 0.4) is 0 Å². The average Bonchev–Trinajstić information content (AvgIpc) is 2.90. The van der Waals surface area contributed by atoms with Crippen molar-refractivity contribution in [2.45, 2.75) is 38.6 Å². The summed E-state index contributed by atoms with van der Waals surface area (Å²) in [7, 11) is 0. The van der Waals surface area contributed by atoms with Gasteiger partial charge in [-0.3, -0.25) is 4.79 Å². The first-order valence-electron chi connectivity index (χ1n) is 6.79. The predicted octanol–water partition coefficient (Wildman–Crippen LogP) is 1.72. The third-order valence-corrected chi connectivity index (χ3v) is 3.46. The summed E-state index contributed by atoms with van der Waals surface area (Å²) >= 11 is 0. The van der Waals surface area contributed by atoms with Gasteiger partial charge in [-0.05, 0) is 44.9 Å². The molecule has 0 bridgehead atoms. The SMILES string of the molecule is CC(CCc1ccco1)NC(=O)[C@@H]1CCCNC1. The van der Waals surface area contributed by atoms with Gasteiger partial charge in [0.15, 0.2) is 0 Å². The molecule has 1 fully saturated rings. The highest BCUT2D eigenvalue weighted by molar-refractivity contribution is 5.79. The number of furan rings is 1. The number of nitrogens with one attached hydrogen (secondary N) is 2. The molecule has 2 atom stereocenters. The lowest BCUT2D eigenvalue weighted by Crippen LogP contribution is -2.43. The summed E-state index contributed by atoms with van der Waals surface area (Å²) in [6.07, 6.45) is 5.58. The fourth-order valence-corrected chi connectivity index (χ4v) is 2.32. The Labute approximate surface area is 108 Å². The van der Waals surface area contributed by atoms with Crippen LogP contribution >= 0.6 is 0 Å². The fraction of sp³-hybridized carbons (Fsp3) is 0.643. The number of rotatable bonds is 5. The minimum atomic E-state index is 0.143. The summed E-state index contributed by atoms with van der Waals surface area (Å²) in [4.78, 5) is 12.0. The van der Waals surface area contributed by atoms with Crippen LogP contribution in [0.5, 0.6) is 0 Å². The molecule has 0 saturated carbocycles. The molecule has 0 radical (unpaired) electrons. The number of aryl methyl sites for hydroxylation is 1. The second kappa shape index (κ2) is 6.59. The second-order valence-electron chi connectivity index (χ2n) is 5.07. The summed E-state index contributed by atoms with van der Waals surface area (Å²) in [6.45, 7) is 3.91. The maximum absolute atomic E-state index is 12.0. The summed E-state index contributed by atoms with van der Waals surface area (Å²) in [5.41, 5.74) is 0. The van der Waals surface area contributed by atoms with Gasteiger partial charge >= 0.3 is 0 Å². The molecule has 1 unspecified atom stereocenters. The highest BCUT2D eigenvalue weighted by Gasteiger charge is 2.21. The molecule has 4 heteroatoms. The third kappa shape index (κ3) is 3.88. The molecule has 1 aromatic heterocycles. The number of amides is 1. The number of piperidine rings is 1. The van der Waals surface area contributed by atoms with Gasteiger partial charge < -0.3 is 15.1 Å².